The summed E-state index contributed by atoms with van der Waals surface area (Å²) in [6.45, 7) is 1.64. The van der Waals surface area contributed by atoms with Crippen LogP contribution >= 0.6 is 11.8 Å². The fraction of sp³-hybridized carbons (Fsp3) is 0.211. The number of benzene rings is 2. The van der Waals surface area contributed by atoms with Gasteiger partial charge in [-0.15, -0.1) is 11.8 Å². The number of fused-ring (bicyclic) bond motifs is 1. The minimum absolute atomic E-state index is 0.0835. The molecule has 0 saturated heterocycles. The SMILES string of the molecule is CCCS(=O)(=O)Nc1cc(F)c(SC)c(C(=O)c2ccc3nccnc3c2)c1F. The zero-order chi connectivity index (χ0) is 21.2. The first-order valence-electron chi connectivity index (χ1n) is 8.59. The van der Waals surface area contributed by atoms with E-state index in [1.165, 1.54) is 30.8 Å². The van der Waals surface area contributed by atoms with Crippen molar-refractivity contribution >= 4 is 44.3 Å². The highest BCUT2D eigenvalue weighted by Gasteiger charge is 2.26. The van der Waals surface area contributed by atoms with Crippen LogP contribution in [0.4, 0.5) is 14.5 Å². The van der Waals surface area contributed by atoms with Gasteiger partial charge in [0.1, 0.15) is 5.82 Å². The number of ketones is 1. The van der Waals surface area contributed by atoms with Crippen molar-refractivity contribution in [1.29, 1.82) is 0 Å². The monoisotopic (exact) mass is 437 g/mol. The van der Waals surface area contributed by atoms with Crippen LogP contribution in [0.1, 0.15) is 29.3 Å². The predicted octanol–water partition coefficient (Wildman–Crippen LogP) is 4.01. The minimum atomic E-state index is -3.87. The Morgan fingerprint density at radius 3 is 2.48 bits per heavy atom. The standard InChI is InChI=1S/C19H17F2N3O3S2/c1-3-8-29(26,27)24-15-10-12(20)19(28-2)16(17(15)21)18(25)11-4-5-13-14(9-11)23-7-6-22-13/h4-7,9-10,24H,3,8H2,1-2H3. The molecule has 29 heavy (non-hydrogen) atoms. The Morgan fingerprint density at radius 2 is 1.83 bits per heavy atom. The summed E-state index contributed by atoms with van der Waals surface area (Å²) in [5, 5.41) is 0. The number of thioether (sulfide) groups is 1. The first-order valence-corrected chi connectivity index (χ1v) is 11.5. The molecule has 0 aliphatic heterocycles. The van der Waals surface area contributed by atoms with E-state index in [1.807, 2.05) is 4.72 Å². The Labute approximate surface area is 170 Å². The molecule has 6 nitrogen and oxygen atoms in total. The van der Waals surface area contributed by atoms with Gasteiger partial charge in [-0.25, -0.2) is 17.2 Å². The van der Waals surface area contributed by atoms with Crippen LogP contribution in [0, 0.1) is 11.6 Å². The van der Waals surface area contributed by atoms with E-state index in [1.54, 1.807) is 13.0 Å². The van der Waals surface area contributed by atoms with E-state index in [0.717, 1.165) is 17.8 Å². The van der Waals surface area contributed by atoms with Gasteiger partial charge in [0.05, 0.1) is 32.9 Å². The lowest BCUT2D eigenvalue weighted by Crippen LogP contribution is -2.19. The molecule has 0 spiro atoms. The van der Waals surface area contributed by atoms with Crippen LogP contribution in [0.25, 0.3) is 11.0 Å². The van der Waals surface area contributed by atoms with Crippen LogP contribution in [-0.2, 0) is 10.0 Å². The Hall–Kier alpha value is -2.59. The number of halogens is 2. The largest absolute Gasteiger partial charge is 0.288 e. The summed E-state index contributed by atoms with van der Waals surface area (Å²) in [6.07, 6.45) is 4.75. The molecular formula is C19H17F2N3O3S2. The number of carbonyl (C=O) groups is 1. The summed E-state index contributed by atoms with van der Waals surface area (Å²) in [7, 11) is -3.87. The molecule has 0 saturated carbocycles. The van der Waals surface area contributed by atoms with Crippen molar-refractivity contribution in [3.8, 4) is 0 Å². The Morgan fingerprint density at radius 1 is 1.14 bits per heavy atom. The van der Waals surface area contributed by atoms with Gasteiger partial charge < -0.3 is 0 Å². The molecule has 3 aromatic rings. The summed E-state index contributed by atoms with van der Waals surface area (Å²) < 4.78 is 55.8. The molecule has 3 rings (SSSR count). The van der Waals surface area contributed by atoms with Crippen LogP contribution in [0.5, 0.6) is 0 Å². The lowest BCUT2D eigenvalue weighted by atomic mass is 10.0. The number of sulfonamides is 1. The molecule has 152 valence electrons. The number of hydrogen-bond donors (Lipinski definition) is 1. The van der Waals surface area contributed by atoms with Crippen molar-refractivity contribution in [2.75, 3.05) is 16.7 Å². The second-order valence-electron chi connectivity index (χ2n) is 6.14. The third-order valence-corrected chi connectivity index (χ3v) is 6.36. The normalized spacial score (nSPS) is 11.6. The van der Waals surface area contributed by atoms with E-state index in [0.29, 0.717) is 17.5 Å². The van der Waals surface area contributed by atoms with Gasteiger partial charge in [0.2, 0.25) is 10.0 Å². The van der Waals surface area contributed by atoms with Gasteiger partial charge in [-0.3, -0.25) is 19.5 Å². The molecule has 10 heteroatoms. The molecule has 0 amide bonds. The van der Waals surface area contributed by atoms with Crippen molar-refractivity contribution in [3.63, 3.8) is 0 Å². The average Bonchev–Trinajstić information content (AvgIpc) is 2.69. The van der Waals surface area contributed by atoms with Gasteiger partial charge in [-0.2, -0.15) is 0 Å². The zero-order valence-electron chi connectivity index (χ0n) is 15.6. The van der Waals surface area contributed by atoms with Crippen LogP contribution in [-0.4, -0.2) is 36.2 Å². The van der Waals surface area contributed by atoms with Gasteiger partial charge in [-0.05, 0) is 30.9 Å². The van der Waals surface area contributed by atoms with Crippen molar-refractivity contribution in [3.05, 3.63) is 59.4 Å². The number of nitrogens with one attached hydrogen (secondary N) is 1. The van der Waals surface area contributed by atoms with E-state index in [2.05, 4.69) is 9.97 Å². The van der Waals surface area contributed by atoms with Gasteiger partial charge in [0.15, 0.2) is 11.6 Å². The second kappa shape index (κ2) is 8.42. The van der Waals surface area contributed by atoms with E-state index < -0.39 is 38.7 Å². The molecule has 0 bridgehead atoms. The first-order chi connectivity index (χ1) is 13.8. The summed E-state index contributed by atoms with van der Waals surface area (Å²) in [4.78, 5) is 21.0. The van der Waals surface area contributed by atoms with E-state index in [9.17, 15) is 17.6 Å². The molecule has 0 atom stereocenters. The third kappa shape index (κ3) is 4.38. The Kier molecular flexibility index (Phi) is 6.13. The summed E-state index contributed by atoms with van der Waals surface area (Å²) in [6, 6.07) is 5.17. The highest BCUT2D eigenvalue weighted by atomic mass is 32.2. The number of rotatable bonds is 7. The average molecular weight is 437 g/mol. The summed E-state index contributed by atoms with van der Waals surface area (Å²) >= 11 is 0.859. The van der Waals surface area contributed by atoms with Crippen molar-refractivity contribution in [1.82, 2.24) is 9.97 Å². The molecular weight excluding hydrogens is 420 g/mol. The maximum Gasteiger partial charge on any atom is 0.232 e. The van der Waals surface area contributed by atoms with Gasteiger partial charge in [0, 0.05) is 24.0 Å². The maximum atomic E-state index is 15.2. The van der Waals surface area contributed by atoms with Crippen LogP contribution < -0.4 is 4.72 Å². The first kappa shape index (κ1) is 21.1. The maximum absolute atomic E-state index is 15.2. The summed E-state index contributed by atoms with van der Waals surface area (Å²) in [5.74, 6) is -3.06. The predicted molar refractivity (Wildman–Crippen MR) is 109 cm³/mol. The van der Waals surface area contributed by atoms with E-state index in [4.69, 9.17) is 0 Å². The highest BCUT2D eigenvalue weighted by Crippen LogP contribution is 2.33. The quantitative estimate of drug-likeness (QED) is 0.444. The van der Waals surface area contributed by atoms with Crippen LogP contribution in [0.15, 0.2) is 41.6 Å². The zero-order valence-corrected chi connectivity index (χ0v) is 17.2. The number of anilines is 1. The molecule has 0 unspecified atom stereocenters. The second-order valence-corrected chi connectivity index (χ2v) is 8.80. The number of nitrogens with zero attached hydrogens (tertiary/aromatic N) is 2. The number of carbonyl (C=O) groups excluding carboxylic acids is 1. The van der Waals surface area contributed by atoms with Crippen LogP contribution in [0.2, 0.25) is 0 Å². The van der Waals surface area contributed by atoms with E-state index in [-0.39, 0.29) is 16.2 Å². The molecule has 0 aliphatic rings. The molecule has 2 aromatic carbocycles. The number of aromatic nitrogens is 2. The topological polar surface area (TPSA) is 89.0 Å². The molecule has 0 radical (unpaired) electrons. The molecule has 1 N–H and O–H groups in total. The molecule has 1 aromatic heterocycles. The van der Waals surface area contributed by atoms with Crippen molar-refractivity contribution < 1.29 is 22.0 Å². The number of hydrogen-bond acceptors (Lipinski definition) is 6. The lowest BCUT2D eigenvalue weighted by molar-refractivity contribution is 0.103. The fourth-order valence-electron chi connectivity index (χ4n) is 2.82. The van der Waals surface area contributed by atoms with Crippen molar-refractivity contribution in [2.24, 2.45) is 0 Å². The minimum Gasteiger partial charge on any atom is -0.288 e. The highest BCUT2D eigenvalue weighted by molar-refractivity contribution is 7.98. The third-order valence-electron chi connectivity index (χ3n) is 4.07. The van der Waals surface area contributed by atoms with Crippen molar-refractivity contribution in [2.45, 2.75) is 18.2 Å². The van der Waals surface area contributed by atoms with Gasteiger partial charge in [-0.1, -0.05) is 6.92 Å². The van der Waals surface area contributed by atoms with Crippen LogP contribution in [0.3, 0.4) is 0 Å². The van der Waals surface area contributed by atoms with Gasteiger partial charge in [0.25, 0.3) is 0 Å². The summed E-state index contributed by atoms with van der Waals surface area (Å²) in [5.41, 5.74) is -0.0839. The molecule has 0 fully saturated rings. The molecule has 0 aliphatic carbocycles. The lowest BCUT2D eigenvalue weighted by Gasteiger charge is -2.15. The van der Waals surface area contributed by atoms with Gasteiger partial charge >= 0.3 is 0 Å². The van der Waals surface area contributed by atoms with E-state index >= 15 is 4.39 Å². The smallest absolute Gasteiger partial charge is 0.232 e. The Bertz CT molecular complexity index is 1200. The Balaban J connectivity index is 2.14. The molecule has 1 heterocycles. The fourth-order valence-corrected chi connectivity index (χ4v) is 4.59.